The molecule has 1 heterocycles. The van der Waals surface area contributed by atoms with Crippen molar-refractivity contribution in [3.63, 3.8) is 0 Å². The van der Waals surface area contributed by atoms with Crippen LogP contribution in [0, 0.1) is 26.7 Å². The quantitative estimate of drug-likeness (QED) is 0.634. The monoisotopic (exact) mass is 419 g/mol. The number of benzene rings is 2. The van der Waals surface area contributed by atoms with Crippen LogP contribution >= 0.6 is 11.3 Å². The molecule has 0 aliphatic heterocycles. The summed E-state index contributed by atoms with van der Waals surface area (Å²) in [6.07, 6.45) is 0. The predicted octanol–water partition coefficient (Wildman–Crippen LogP) is 4.16. The van der Waals surface area contributed by atoms with Crippen LogP contribution in [0.15, 0.2) is 44.4 Å². The molecule has 8 heteroatoms. The summed E-state index contributed by atoms with van der Waals surface area (Å²) in [5.74, 6) is -1.09. The molecule has 0 spiro atoms. The minimum absolute atomic E-state index is 0.118. The van der Waals surface area contributed by atoms with Crippen LogP contribution in [0.4, 0.5) is 5.69 Å². The smallest absolute Gasteiger partial charge is 0.396 e. The van der Waals surface area contributed by atoms with Gasteiger partial charge in [-0.3, -0.25) is 4.79 Å². The Kier molecular flexibility index (Phi) is 5.20. The van der Waals surface area contributed by atoms with Crippen LogP contribution in [0.1, 0.15) is 30.5 Å². The van der Waals surface area contributed by atoms with Gasteiger partial charge >= 0.3 is 4.94 Å². The van der Waals surface area contributed by atoms with Gasteiger partial charge in [0.05, 0.1) is 15.3 Å². The molecule has 1 amide bonds. The number of carbonyl (C=O) groups excluding carboxylic acids is 1. The lowest BCUT2D eigenvalue weighted by Crippen LogP contribution is -2.40. The van der Waals surface area contributed by atoms with Gasteiger partial charge in [-0.05, 0) is 50.1 Å². The van der Waals surface area contributed by atoms with Gasteiger partial charge in [-0.15, -0.1) is 0 Å². The third kappa shape index (κ3) is 3.49. The highest BCUT2D eigenvalue weighted by atomic mass is 32.2. The van der Waals surface area contributed by atoms with E-state index in [4.69, 9.17) is 4.42 Å². The average molecular weight is 420 g/mol. The van der Waals surface area contributed by atoms with Crippen LogP contribution < -0.4 is 9.24 Å². The average Bonchev–Trinajstić information content (AvgIpc) is 2.92. The van der Waals surface area contributed by atoms with Crippen molar-refractivity contribution in [3.8, 4) is 0 Å². The molecule has 148 valence electrons. The zero-order valence-electron chi connectivity index (χ0n) is 16.3. The summed E-state index contributed by atoms with van der Waals surface area (Å²) >= 11 is 0.864. The van der Waals surface area contributed by atoms with Crippen molar-refractivity contribution in [3.05, 3.63) is 56.8 Å². The number of anilines is 1. The molecule has 0 aliphatic carbocycles. The second-order valence-electron chi connectivity index (χ2n) is 7.08. The van der Waals surface area contributed by atoms with E-state index in [-0.39, 0.29) is 10.6 Å². The van der Waals surface area contributed by atoms with Gasteiger partial charge in [0.25, 0.3) is 10.0 Å². The number of hydrogen-bond donors (Lipinski definition) is 0. The Bertz CT molecular complexity index is 1210. The van der Waals surface area contributed by atoms with E-state index in [9.17, 15) is 18.0 Å². The van der Waals surface area contributed by atoms with Crippen molar-refractivity contribution in [1.82, 2.24) is 0 Å². The molecule has 0 radical (unpaired) electrons. The largest absolute Gasteiger partial charge is 0.414 e. The highest BCUT2D eigenvalue weighted by molar-refractivity contribution is 7.93. The second-order valence-corrected chi connectivity index (χ2v) is 9.78. The lowest BCUT2D eigenvalue weighted by molar-refractivity contribution is -0.120. The Morgan fingerprint density at radius 1 is 1.07 bits per heavy atom. The van der Waals surface area contributed by atoms with Crippen molar-refractivity contribution in [1.29, 1.82) is 0 Å². The third-order valence-corrected chi connectivity index (χ3v) is 7.17. The van der Waals surface area contributed by atoms with E-state index in [1.54, 1.807) is 39.8 Å². The first-order chi connectivity index (χ1) is 13.0. The summed E-state index contributed by atoms with van der Waals surface area (Å²) in [7, 11) is -4.16. The molecule has 3 aromatic rings. The third-order valence-electron chi connectivity index (χ3n) is 4.35. The fourth-order valence-corrected chi connectivity index (χ4v) is 5.93. The van der Waals surface area contributed by atoms with E-state index < -0.39 is 26.8 Å². The number of nitrogens with zero attached hydrogens (tertiary/aromatic N) is 1. The highest BCUT2D eigenvalue weighted by Crippen LogP contribution is 2.32. The molecule has 0 atom stereocenters. The fourth-order valence-electron chi connectivity index (χ4n) is 3.27. The van der Waals surface area contributed by atoms with E-state index in [2.05, 4.69) is 0 Å². The van der Waals surface area contributed by atoms with Crippen LogP contribution in [-0.4, -0.2) is 14.3 Å². The number of amides is 1. The molecule has 0 saturated carbocycles. The van der Waals surface area contributed by atoms with Crippen molar-refractivity contribution in [2.75, 3.05) is 4.31 Å². The Balaban J connectivity index is 2.28. The van der Waals surface area contributed by atoms with E-state index in [1.807, 2.05) is 6.92 Å². The van der Waals surface area contributed by atoms with Gasteiger partial charge < -0.3 is 4.42 Å². The van der Waals surface area contributed by atoms with Gasteiger partial charge in [0.2, 0.25) is 5.91 Å². The molecular formula is C20H21NO5S2. The zero-order chi connectivity index (χ0) is 20.8. The first-order valence-corrected chi connectivity index (χ1v) is 11.0. The number of aryl methyl sites for hydroxylation is 3. The van der Waals surface area contributed by atoms with Crippen LogP contribution in [0.3, 0.4) is 0 Å². The highest BCUT2D eigenvalue weighted by Gasteiger charge is 2.34. The molecule has 0 bridgehead atoms. The minimum Gasteiger partial charge on any atom is -0.414 e. The van der Waals surface area contributed by atoms with Gasteiger partial charge in [-0.1, -0.05) is 42.9 Å². The molecule has 0 unspecified atom stereocenters. The maximum atomic E-state index is 13.6. The summed E-state index contributed by atoms with van der Waals surface area (Å²) in [5, 5.41) is 0. The number of fused-ring (bicyclic) bond motifs is 1. The fraction of sp³-hybridized carbons (Fsp3) is 0.300. The summed E-state index contributed by atoms with van der Waals surface area (Å²) in [6, 6.07) is 8.05. The summed E-state index contributed by atoms with van der Waals surface area (Å²) in [6.45, 7) is 8.62. The maximum absolute atomic E-state index is 13.6. The van der Waals surface area contributed by atoms with Crippen molar-refractivity contribution in [2.24, 2.45) is 5.92 Å². The van der Waals surface area contributed by atoms with Crippen LogP contribution in [0.2, 0.25) is 0 Å². The number of hydrogen-bond acceptors (Lipinski definition) is 6. The van der Waals surface area contributed by atoms with Gasteiger partial charge in [-0.2, -0.15) is 0 Å². The van der Waals surface area contributed by atoms with Crippen LogP contribution in [0.25, 0.3) is 10.3 Å². The zero-order valence-corrected chi connectivity index (χ0v) is 17.9. The normalized spacial score (nSPS) is 11.9. The van der Waals surface area contributed by atoms with Crippen molar-refractivity contribution in [2.45, 2.75) is 39.5 Å². The molecule has 1 aromatic heterocycles. The van der Waals surface area contributed by atoms with E-state index in [0.717, 1.165) is 21.2 Å². The molecule has 3 rings (SSSR count). The molecule has 0 fully saturated rings. The Hall–Kier alpha value is -2.45. The van der Waals surface area contributed by atoms with Gasteiger partial charge in [0, 0.05) is 5.92 Å². The molecule has 0 saturated heterocycles. The summed E-state index contributed by atoms with van der Waals surface area (Å²) < 4.78 is 33.6. The van der Waals surface area contributed by atoms with Gasteiger partial charge in [-0.25, -0.2) is 17.5 Å². The second kappa shape index (κ2) is 7.18. The topological polar surface area (TPSA) is 84.7 Å². The van der Waals surface area contributed by atoms with E-state index >= 15 is 0 Å². The van der Waals surface area contributed by atoms with Crippen molar-refractivity contribution < 1.29 is 17.6 Å². The molecule has 2 aromatic carbocycles. The summed E-state index contributed by atoms with van der Waals surface area (Å²) in [5.41, 5.74) is 2.64. The summed E-state index contributed by atoms with van der Waals surface area (Å²) in [4.78, 5) is 24.1. The molecular weight excluding hydrogens is 398 g/mol. The minimum atomic E-state index is -4.16. The number of carbonyl (C=O) groups is 1. The van der Waals surface area contributed by atoms with Crippen LogP contribution in [-0.2, 0) is 14.8 Å². The molecule has 28 heavy (non-hydrogen) atoms. The predicted molar refractivity (Wildman–Crippen MR) is 111 cm³/mol. The Labute approximate surface area is 167 Å². The SMILES string of the molecule is Cc1cc(C)c(S(=O)(=O)N(C(=O)C(C)C)c2ccc3oc(=O)sc3c2)c(C)c1. The molecule has 6 nitrogen and oxygen atoms in total. The van der Waals surface area contributed by atoms with Crippen LogP contribution in [0.5, 0.6) is 0 Å². The lowest BCUT2D eigenvalue weighted by Gasteiger charge is -2.26. The molecule has 0 N–H and O–H groups in total. The van der Waals surface area contributed by atoms with Gasteiger partial charge in [0.1, 0.15) is 5.58 Å². The first-order valence-electron chi connectivity index (χ1n) is 8.73. The van der Waals surface area contributed by atoms with E-state index in [0.29, 0.717) is 21.4 Å². The maximum Gasteiger partial charge on any atom is 0.396 e. The lowest BCUT2D eigenvalue weighted by atomic mass is 10.1. The Morgan fingerprint density at radius 2 is 1.68 bits per heavy atom. The number of rotatable bonds is 4. The van der Waals surface area contributed by atoms with Crippen molar-refractivity contribution >= 4 is 43.2 Å². The first kappa shape index (κ1) is 20.3. The van der Waals surface area contributed by atoms with Gasteiger partial charge in [0.15, 0.2) is 0 Å². The molecule has 0 aliphatic rings. The standard InChI is InChI=1S/C20H21NO5S2/c1-11(2)19(22)21(15-6-7-16-17(10-15)27-20(23)26-16)28(24,25)18-13(4)8-12(3)9-14(18)5/h6-11H,1-5H3. The van der Waals surface area contributed by atoms with E-state index in [1.165, 1.54) is 18.2 Å². The Morgan fingerprint density at radius 3 is 2.25 bits per heavy atom. The number of sulfonamides is 1.